The van der Waals surface area contributed by atoms with E-state index in [9.17, 15) is 9.59 Å². The molecule has 7 heteroatoms. The first-order valence-electron chi connectivity index (χ1n) is 10.5. The standard InChI is InChI=1S/C22H33N3O4/c1-22(2,3)23-20(26)14-24(4)15-21(27)25-10-5-7-17(25)16-8-9-18-19(13-16)29-12-6-11-28-18/h8-9,13,17H,5-7,10-12,14-15H2,1-4H3,(H,23,26)/p+1/t17-/m1/s1. The molecule has 0 radical (unpaired) electrons. The SMILES string of the molecule is C[NH+](CC(=O)NC(C)(C)C)CC(=O)N1CCC[C@@H]1c1ccc2c(c1)OCCCO2. The van der Waals surface area contributed by atoms with E-state index in [0.29, 0.717) is 19.8 Å². The number of likely N-dealkylation sites (tertiary alicyclic amines) is 1. The molecule has 2 heterocycles. The Kier molecular flexibility index (Phi) is 6.67. The fourth-order valence-electron chi connectivity index (χ4n) is 3.96. The van der Waals surface area contributed by atoms with Crippen LogP contribution < -0.4 is 19.7 Å². The number of carbonyl (C=O) groups is 2. The predicted molar refractivity (Wildman–Crippen MR) is 110 cm³/mol. The minimum atomic E-state index is -0.265. The van der Waals surface area contributed by atoms with E-state index in [0.717, 1.165) is 47.8 Å². The molecule has 1 aromatic rings. The van der Waals surface area contributed by atoms with Crippen molar-refractivity contribution in [2.24, 2.45) is 0 Å². The van der Waals surface area contributed by atoms with Gasteiger partial charge in [0.15, 0.2) is 24.6 Å². The summed E-state index contributed by atoms with van der Waals surface area (Å²) in [6.45, 7) is 8.51. The fourth-order valence-corrected chi connectivity index (χ4v) is 3.96. The van der Waals surface area contributed by atoms with Gasteiger partial charge in [-0.25, -0.2) is 0 Å². The largest absolute Gasteiger partial charge is 0.490 e. The van der Waals surface area contributed by atoms with Gasteiger partial charge < -0.3 is 24.6 Å². The van der Waals surface area contributed by atoms with Crippen molar-refractivity contribution in [3.8, 4) is 11.5 Å². The van der Waals surface area contributed by atoms with Crippen LogP contribution in [0.3, 0.4) is 0 Å². The maximum Gasteiger partial charge on any atom is 0.278 e. The Morgan fingerprint density at radius 2 is 1.86 bits per heavy atom. The van der Waals surface area contributed by atoms with E-state index in [4.69, 9.17) is 9.47 Å². The summed E-state index contributed by atoms with van der Waals surface area (Å²) in [7, 11) is 1.89. The van der Waals surface area contributed by atoms with Crippen molar-refractivity contribution in [2.75, 3.05) is 39.9 Å². The van der Waals surface area contributed by atoms with Gasteiger partial charge in [-0.05, 0) is 51.3 Å². The van der Waals surface area contributed by atoms with E-state index < -0.39 is 0 Å². The van der Waals surface area contributed by atoms with Crippen LogP contribution in [0.25, 0.3) is 0 Å². The zero-order chi connectivity index (χ0) is 21.0. The highest BCUT2D eigenvalue weighted by Crippen LogP contribution is 2.37. The summed E-state index contributed by atoms with van der Waals surface area (Å²) in [6.07, 6.45) is 2.79. The number of nitrogens with one attached hydrogen (secondary N) is 2. The molecule has 2 N–H and O–H groups in total. The van der Waals surface area contributed by atoms with Gasteiger partial charge in [-0.1, -0.05) is 6.07 Å². The van der Waals surface area contributed by atoms with E-state index >= 15 is 0 Å². The fraction of sp³-hybridized carbons (Fsp3) is 0.636. The van der Waals surface area contributed by atoms with Crippen LogP contribution in [0.15, 0.2) is 18.2 Å². The third-order valence-electron chi connectivity index (χ3n) is 5.16. The first kappa shape index (κ1) is 21.4. The number of hydrogen-bond acceptors (Lipinski definition) is 4. The van der Waals surface area contributed by atoms with Gasteiger partial charge in [0.25, 0.3) is 11.8 Å². The third-order valence-corrected chi connectivity index (χ3v) is 5.16. The van der Waals surface area contributed by atoms with Gasteiger partial charge in [0.1, 0.15) is 0 Å². The minimum absolute atomic E-state index is 0.0383. The maximum atomic E-state index is 13.0. The summed E-state index contributed by atoms with van der Waals surface area (Å²) >= 11 is 0. The van der Waals surface area contributed by atoms with Crippen LogP contribution in [0, 0.1) is 0 Å². The molecule has 1 fully saturated rings. The van der Waals surface area contributed by atoms with E-state index in [1.165, 1.54) is 0 Å². The Bertz CT molecular complexity index is 744. The predicted octanol–water partition coefficient (Wildman–Crippen LogP) is 0.941. The molecule has 7 nitrogen and oxygen atoms in total. The molecule has 0 aromatic heterocycles. The summed E-state index contributed by atoms with van der Waals surface area (Å²) in [5.41, 5.74) is 0.821. The van der Waals surface area contributed by atoms with Crippen LogP contribution in [0.5, 0.6) is 11.5 Å². The molecular formula is C22H34N3O4+. The van der Waals surface area contributed by atoms with Crippen LogP contribution in [0.2, 0.25) is 0 Å². The van der Waals surface area contributed by atoms with E-state index in [1.54, 1.807) is 0 Å². The van der Waals surface area contributed by atoms with Crippen molar-refractivity contribution in [2.45, 2.75) is 51.6 Å². The zero-order valence-electron chi connectivity index (χ0n) is 18.0. The zero-order valence-corrected chi connectivity index (χ0v) is 18.0. The number of fused-ring (bicyclic) bond motifs is 1. The summed E-state index contributed by atoms with van der Waals surface area (Å²) in [6, 6.07) is 6.06. The highest BCUT2D eigenvalue weighted by Gasteiger charge is 2.32. The van der Waals surface area contributed by atoms with Gasteiger partial charge >= 0.3 is 0 Å². The Hall–Kier alpha value is -2.28. The lowest BCUT2D eigenvalue weighted by molar-refractivity contribution is -0.863. The van der Waals surface area contributed by atoms with E-state index in [1.807, 2.05) is 50.9 Å². The Morgan fingerprint density at radius 3 is 2.59 bits per heavy atom. The van der Waals surface area contributed by atoms with Crippen LogP contribution >= 0.6 is 0 Å². The minimum Gasteiger partial charge on any atom is -0.490 e. The smallest absolute Gasteiger partial charge is 0.278 e. The Labute approximate surface area is 173 Å². The van der Waals surface area contributed by atoms with E-state index in [2.05, 4.69) is 5.32 Å². The Balaban J connectivity index is 1.62. The molecule has 2 atom stereocenters. The van der Waals surface area contributed by atoms with Crippen LogP contribution in [-0.2, 0) is 9.59 Å². The maximum absolute atomic E-state index is 13.0. The van der Waals surface area contributed by atoms with Crippen molar-refractivity contribution >= 4 is 11.8 Å². The first-order chi connectivity index (χ1) is 13.7. The molecule has 1 unspecified atom stereocenters. The average Bonchev–Trinajstić information content (AvgIpc) is 2.98. The average molecular weight is 405 g/mol. The number of rotatable bonds is 5. The number of likely N-dealkylation sites (N-methyl/N-ethyl adjacent to an activating group) is 1. The number of nitrogens with zero attached hydrogens (tertiary/aromatic N) is 1. The van der Waals surface area contributed by atoms with Crippen molar-refractivity contribution in [1.29, 1.82) is 0 Å². The van der Waals surface area contributed by atoms with Crippen LogP contribution in [-0.4, -0.2) is 62.1 Å². The van der Waals surface area contributed by atoms with Crippen LogP contribution in [0.1, 0.15) is 51.6 Å². The van der Waals surface area contributed by atoms with E-state index in [-0.39, 0.29) is 29.9 Å². The second-order valence-corrected chi connectivity index (χ2v) is 9.11. The second kappa shape index (κ2) is 9.03. The van der Waals surface area contributed by atoms with Crippen molar-refractivity contribution in [3.63, 3.8) is 0 Å². The van der Waals surface area contributed by atoms with Gasteiger partial charge in [-0.2, -0.15) is 0 Å². The first-order valence-corrected chi connectivity index (χ1v) is 10.5. The molecule has 3 rings (SSSR count). The van der Waals surface area contributed by atoms with Gasteiger partial charge in [-0.3, -0.25) is 9.59 Å². The lowest BCUT2D eigenvalue weighted by Crippen LogP contribution is -3.11. The number of quaternary nitrogens is 1. The molecule has 0 saturated carbocycles. The number of hydrogen-bond donors (Lipinski definition) is 2. The molecule has 1 saturated heterocycles. The summed E-state index contributed by atoms with van der Waals surface area (Å²) in [5, 5.41) is 2.95. The lowest BCUT2D eigenvalue weighted by Gasteiger charge is -2.27. The summed E-state index contributed by atoms with van der Waals surface area (Å²) in [5.74, 6) is 1.58. The van der Waals surface area contributed by atoms with Gasteiger partial charge in [-0.15, -0.1) is 0 Å². The lowest BCUT2D eigenvalue weighted by atomic mass is 10.0. The molecule has 0 bridgehead atoms. The monoisotopic (exact) mass is 404 g/mol. The molecule has 160 valence electrons. The van der Waals surface area contributed by atoms with Crippen LogP contribution in [0.4, 0.5) is 0 Å². The van der Waals surface area contributed by atoms with Gasteiger partial charge in [0.05, 0.1) is 26.3 Å². The quantitative estimate of drug-likeness (QED) is 0.766. The molecule has 1 aromatic carbocycles. The number of ether oxygens (including phenoxy) is 2. The Morgan fingerprint density at radius 1 is 1.14 bits per heavy atom. The van der Waals surface area contributed by atoms with Crippen molar-refractivity contribution in [1.82, 2.24) is 10.2 Å². The van der Waals surface area contributed by atoms with Gasteiger partial charge in [0, 0.05) is 18.5 Å². The molecule has 2 amide bonds. The molecule has 0 spiro atoms. The molecule has 0 aliphatic carbocycles. The molecule has 29 heavy (non-hydrogen) atoms. The van der Waals surface area contributed by atoms with Crippen molar-refractivity contribution in [3.05, 3.63) is 23.8 Å². The molecular weight excluding hydrogens is 370 g/mol. The molecule has 2 aliphatic heterocycles. The number of amides is 2. The van der Waals surface area contributed by atoms with Crippen molar-refractivity contribution < 1.29 is 24.0 Å². The summed E-state index contributed by atoms with van der Waals surface area (Å²) < 4.78 is 11.5. The number of benzene rings is 1. The summed E-state index contributed by atoms with van der Waals surface area (Å²) in [4.78, 5) is 27.9. The highest BCUT2D eigenvalue weighted by molar-refractivity contribution is 5.79. The molecule has 2 aliphatic rings. The number of carbonyl (C=O) groups excluding carboxylic acids is 2. The topological polar surface area (TPSA) is 72.3 Å². The van der Waals surface area contributed by atoms with Gasteiger partial charge in [0.2, 0.25) is 0 Å². The third kappa shape index (κ3) is 5.85. The second-order valence-electron chi connectivity index (χ2n) is 9.11. The normalized spacial score (nSPS) is 20.1. The highest BCUT2D eigenvalue weighted by atomic mass is 16.5.